The number of nitrogens with zero attached hydrogens (tertiary/aromatic N) is 2. The maximum absolute atomic E-state index is 11.8. The highest BCUT2D eigenvalue weighted by Gasteiger charge is 2.28. The molecule has 3 rings (SSSR count). The van der Waals surface area contributed by atoms with E-state index in [4.69, 9.17) is 0 Å². The van der Waals surface area contributed by atoms with Gasteiger partial charge in [-0.1, -0.05) is 24.3 Å². The van der Waals surface area contributed by atoms with E-state index in [2.05, 4.69) is 67.0 Å². The molecule has 1 aliphatic rings. The van der Waals surface area contributed by atoms with Crippen LogP contribution < -0.4 is 15.8 Å². The van der Waals surface area contributed by atoms with Gasteiger partial charge in [-0.05, 0) is 47.2 Å². The first-order valence-electron chi connectivity index (χ1n) is 6.92. The maximum atomic E-state index is 11.8. The van der Waals surface area contributed by atoms with Gasteiger partial charge in [-0.25, -0.2) is 4.98 Å². The lowest BCUT2D eigenvalue weighted by molar-refractivity contribution is 0.522. The van der Waals surface area contributed by atoms with Crippen molar-refractivity contribution in [2.75, 3.05) is 18.5 Å². The van der Waals surface area contributed by atoms with Gasteiger partial charge in [-0.3, -0.25) is 4.79 Å². The summed E-state index contributed by atoms with van der Waals surface area (Å²) < 4.78 is 0.649. The predicted octanol–water partition coefficient (Wildman–Crippen LogP) is 1.53. The van der Waals surface area contributed by atoms with E-state index in [1.54, 1.807) is 0 Å². The van der Waals surface area contributed by atoms with Crippen molar-refractivity contribution in [2.45, 2.75) is 19.0 Å². The molecular weight excluding hydrogens is 379 g/mol. The van der Waals surface area contributed by atoms with Crippen molar-refractivity contribution in [3.05, 3.63) is 55.6 Å². The van der Waals surface area contributed by atoms with Crippen molar-refractivity contribution < 1.29 is 0 Å². The minimum Gasteiger partial charge on any atom is -0.347 e. The zero-order valence-electron chi connectivity index (χ0n) is 11.8. The molecule has 0 fully saturated rings. The molecular formula is C15H17IN4O. The third kappa shape index (κ3) is 2.82. The number of anilines is 1. The summed E-state index contributed by atoms with van der Waals surface area (Å²) in [5.74, 6) is 0.772. The first-order valence-corrected chi connectivity index (χ1v) is 7.99. The zero-order chi connectivity index (χ0) is 14.8. The Kier molecular flexibility index (Phi) is 4.25. The van der Waals surface area contributed by atoms with Gasteiger partial charge < -0.3 is 15.2 Å². The van der Waals surface area contributed by atoms with Crippen molar-refractivity contribution in [3.8, 4) is 0 Å². The lowest BCUT2D eigenvalue weighted by atomic mass is 9.94. The van der Waals surface area contributed by atoms with E-state index in [0.717, 1.165) is 25.3 Å². The van der Waals surface area contributed by atoms with Crippen molar-refractivity contribution in [2.24, 2.45) is 0 Å². The highest BCUT2D eigenvalue weighted by Crippen LogP contribution is 2.28. The van der Waals surface area contributed by atoms with E-state index in [9.17, 15) is 4.79 Å². The minimum atomic E-state index is -0.0809. The van der Waals surface area contributed by atoms with Crippen LogP contribution in [0.25, 0.3) is 0 Å². The van der Waals surface area contributed by atoms with Crippen LogP contribution in [0.3, 0.4) is 0 Å². The third-order valence-electron chi connectivity index (χ3n) is 3.85. The molecule has 1 aromatic heterocycles. The van der Waals surface area contributed by atoms with E-state index < -0.39 is 0 Å². The van der Waals surface area contributed by atoms with Gasteiger partial charge in [0.1, 0.15) is 9.39 Å². The van der Waals surface area contributed by atoms with Gasteiger partial charge in [0.15, 0.2) is 0 Å². The molecule has 1 atom stereocenters. The van der Waals surface area contributed by atoms with Crippen molar-refractivity contribution in [3.63, 3.8) is 0 Å². The molecule has 2 aromatic rings. The third-order valence-corrected chi connectivity index (χ3v) is 4.82. The van der Waals surface area contributed by atoms with Crippen LogP contribution in [0, 0.1) is 3.57 Å². The molecule has 2 heterocycles. The van der Waals surface area contributed by atoms with E-state index in [1.807, 2.05) is 7.05 Å². The standard InChI is InChI=1S/C15H17IN4O/c1-17-7-12-6-10-4-2-3-5-11(10)8-20(12)14-13(16)15(21)19-9-18-14/h2-5,9,12,17H,6-8H2,1H3,(H,18,19,21). The van der Waals surface area contributed by atoms with Gasteiger partial charge in [-0.15, -0.1) is 0 Å². The van der Waals surface area contributed by atoms with Gasteiger partial charge in [0.25, 0.3) is 5.56 Å². The Labute approximate surface area is 136 Å². The van der Waals surface area contributed by atoms with Crippen LogP contribution in [0.2, 0.25) is 0 Å². The second-order valence-electron chi connectivity index (χ2n) is 5.18. The number of rotatable bonds is 3. The molecule has 0 spiro atoms. The van der Waals surface area contributed by atoms with Crippen LogP contribution in [0.5, 0.6) is 0 Å². The van der Waals surface area contributed by atoms with Crippen LogP contribution in [-0.2, 0) is 13.0 Å². The van der Waals surface area contributed by atoms with E-state index in [-0.39, 0.29) is 5.56 Å². The Balaban J connectivity index is 2.03. The molecule has 1 aliphatic heterocycles. The van der Waals surface area contributed by atoms with Crippen LogP contribution in [-0.4, -0.2) is 29.6 Å². The number of aromatic nitrogens is 2. The molecule has 1 aromatic carbocycles. The smallest absolute Gasteiger partial charge is 0.266 e. The summed E-state index contributed by atoms with van der Waals surface area (Å²) in [7, 11) is 1.95. The lowest BCUT2D eigenvalue weighted by Gasteiger charge is -2.38. The molecule has 0 aliphatic carbocycles. The first-order chi connectivity index (χ1) is 10.2. The van der Waals surface area contributed by atoms with E-state index in [0.29, 0.717) is 9.61 Å². The summed E-state index contributed by atoms with van der Waals surface area (Å²) in [4.78, 5) is 21.1. The Bertz CT molecular complexity index is 700. The van der Waals surface area contributed by atoms with Gasteiger partial charge in [0.05, 0.1) is 6.33 Å². The van der Waals surface area contributed by atoms with E-state index in [1.165, 1.54) is 17.5 Å². The largest absolute Gasteiger partial charge is 0.347 e. The van der Waals surface area contributed by atoms with E-state index >= 15 is 0 Å². The van der Waals surface area contributed by atoms with Crippen LogP contribution in [0.4, 0.5) is 5.82 Å². The molecule has 5 nitrogen and oxygen atoms in total. The Morgan fingerprint density at radius 3 is 2.95 bits per heavy atom. The van der Waals surface area contributed by atoms with Crippen LogP contribution in [0.15, 0.2) is 35.4 Å². The molecule has 0 bridgehead atoms. The molecule has 6 heteroatoms. The van der Waals surface area contributed by atoms with Gasteiger partial charge in [-0.2, -0.15) is 0 Å². The fraction of sp³-hybridized carbons (Fsp3) is 0.333. The second-order valence-corrected chi connectivity index (χ2v) is 6.26. The number of fused-ring (bicyclic) bond motifs is 1. The summed E-state index contributed by atoms with van der Waals surface area (Å²) in [6, 6.07) is 8.78. The number of halogens is 1. The fourth-order valence-corrected chi connectivity index (χ4v) is 3.43. The molecule has 0 radical (unpaired) electrons. The number of hydrogen-bond donors (Lipinski definition) is 2. The Morgan fingerprint density at radius 2 is 2.19 bits per heavy atom. The normalized spacial score (nSPS) is 17.6. The van der Waals surface area contributed by atoms with Crippen molar-refractivity contribution >= 4 is 28.4 Å². The highest BCUT2D eigenvalue weighted by molar-refractivity contribution is 14.1. The van der Waals surface area contributed by atoms with Crippen LogP contribution >= 0.6 is 22.6 Å². The number of benzene rings is 1. The summed E-state index contributed by atoms with van der Waals surface area (Å²) in [6.45, 7) is 1.65. The Morgan fingerprint density at radius 1 is 1.43 bits per heavy atom. The quantitative estimate of drug-likeness (QED) is 0.773. The number of hydrogen-bond acceptors (Lipinski definition) is 4. The summed E-state index contributed by atoms with van der Waals surface area (Å²) in [6.07, 6.45) is 2.44. The topological polar surface area (TPSA) is 61.0 Å². The summed E-state index contributed by atoms with van der Waals surface area (Å²) >= 11 is 2.08. The lowest BCUT2D eigenvalue weighted by Crippen LogP contribution is -2.47. The maximum Gasteiger partial charge on any atom is 0.266 e. The van der Waals surface area contributed by atoms with Gasteiger partial charge in [0.2, 0.25) is 0 Å². The molecule has 0 saturated heterocycles. The molecule has 0 saturated carbocycles. The monoisotopic (exact) mass is 396 g/mol. The fourth-order valence-electron chi connectivity index (χ4n) is 2.83. The van der Waals surface area contributed by atoms with Crippen molar-refractivity contribution in [1.29, 1.82) is 0 Å². The van der Waals surface area contributed by atoms with Gasteiger partial charge >= 0.3 is 0 Å². The number of nitrogens with one attached hydrogen (secondary N) is 2. The number of aromatic amines is 1. The molecule has 0 amide bonds. The average molecular weight is 396 g/mol. The average Bonchev–Trinajstić information content (AvgIpc) is 2.50. The second kappa shape index (κ2) is 6.15. The SMILES string of the molecule is CNCC1Cc2ccccc2CN1c1nc[nH]c(=O)c1I. The molecule has 2 N–H and O–H groups in total. The van der Waals surface area contributed by atoms with Crippen molar-refractivity contribution in [1.82, 2.24) is 15.3 Å². The zero-order valence-corrected chi connectivity index (χ0v) is 13.9. The first kappa shape index (κ1) is 14.5. The Hall–Kier alpha value is -1.41. The van der Waals surface area contributed by atoms with Gasteiger partial charge in [0, 0.05) is 19.1 Å². The molecule has 1 unspecified atom stereocenters. The molecule has 110 valence electrons. The minimum absolute atomic E-state index is 0.0809. The number of likely N-dealkylation sites (N-methyl/N-ethyl adjacent to an activating group) is 1. The predicted molar refractivity (Wildman–Crippen MR) is 91.6 cm³/mol. The summed E-state index contributed by atoms with van der Waals surface area (Å²) in [5.41, 5.74) is 2.61. The summed E-state index contributed by atoms with van der Waals surface area (Å²) in [5, 5.41) is 3.24. The number of H-pyrrole nitrogens is 1. The highest BCUT2D eigenvalue weighted by atomic mass is 127. The van der Waals surface area contributed by atoms with Crippen LogP contribution in [0.1, 0.15) is 11.1 Å². The molecule has 21 heavy (non-hydrogen) atoms.